The molecule has 3 aromatic rings. The molecule has 0 spiro atoms. The van der Waals surface area contributed by atoms with Crippen molar-refractivity contribution in [2.75, 3.05) is 47.1 Å². The highest BCUT2D eigenvalue weighted by molar-refractivity contribution is 6.07. The molecule has 0 bridgehead atoms. The SMILES string of the molecule is COc1cc(OC)cc(C2=NC(c3nc(-c4ccc(C5CCN(C)CC5)nc4)cnc3N)=CN(C)C2O)c1. The summed E-state index contributed by atoms with van der Waals surface area (Å²) >= 11 is 0. The van der Waals surface area contributed by atoms with Crippen LogP contribution in [-0.2, 0) is 0 Å². The predicted molar refractivity (Wildman–Crippen MR) is 147 cm³/mol. The number of anilines is 1. The number of aliphatic hydroxyl groups excluding tert-OH is 1. The van der Waals surface area contributed by atoms with E-state index in [4.69, 9.17) is 30.2 Å². The zero-order valence-electron chi connectivity index (χ0n) is 22.1. The quantitative estimate of drug-likeness (QED) is 0.510. The highest BCUT2D eigenvalue weighted by Crippen LogP contribution is 2.31. The van der Waals surface area contributed by atoms with E-state index in [9.17, 15) is 5.11 Å². The van der Waals surface area contributed by atoms with E-state index in [1.165, 1.54) is 0 Å². The summed E-state index contributed by atoms with van der Waals surface area (Å²) in [6, 6.07) is 9.47. The summed E-state index contributed by atoms with van der Waals surface area (Å²) in [5, 5.41) is 10.9. The third-order valence-electron chi connectivity index (χ3n) is 7.11. The number of pyridine rings is 1. The van der Waals surface area contributed by atoms with Gasteiger partial charge in [0.1, 0.15) is 22.9 Å². The van der Waals surface area contributed by atoms with Gasteiger partial charge < -0.3 is 30.1 Å². The highest BCUT2D eigenvalue weighted by atomic mass is 16.5. The number of nitrogen functional groups attached to an aromatic ring is 1. The first-order chi connectivity index (χ1) is 18.4. The summed E-state index contributed by atoms with van der Waals surface area (Å²) in [7, 11) is 7.07. The van der Waals surface area contributed by atoms with E-state index in [2.05, 4.69) is 23.0 Å². The molecule has 1 atom stereocenters. The number of benzene rings is 1. The van der Waals surface area contributed by atoms with Gasteiger partial charge in [0, 0.05) is 48.2 Å². The van der Waals surface area contributed by atoms with Crippen molar-refractivity contribution in [3.05, 3.63) is 65.9 Å². The Balaban J connectivity index is 1.47. The maximum atomic E-state index is 10.9. The van der Waals surface area contributed by atoms with Gasteiger partial charge in [-0.15, -0.1) is 0 Å². The lowest BCUT2D eigenvalue weighted by molar-refractivity contribution is 0.116. The Bertz CT molecular complexity index is 1340. The molecule has 0 aliphatic carbocycles. The first-order valence-electron chi connectivity index (χ1n) is 12.6. The maximum absolute atomic E-state index is 10.9. The topological polar surface area (TPSA) is 122 Å². The number of ether oxygens (including phenoxy) is 2. The van der Waals surface area contributed by atoms with Gasteiger partial charge in [-0.2, -0.15) is 0 Å². The van der Waals surface area contributed by atoms with E-state index in [0.717, 1.165) is 37.2 Å². The molecule has 1 fully saturated rings. The summed E-state index contributed by atoms with van der Waals surface area (Å²) in [6.45, 7) is 2.18. The van der Waals surface area contributed by atoms with Gasteiger partial charge in [-0.05, 0) is 57.2 Å². The van der Waals surface area contributed by atoms with Gasteiger partial charge in [0.15, 0.2) is 12.0 Å². The average Bonchev–Trinajstić information content (AvgIpc) is 2.95. The minimum atomic E-state index is -0.982. The van der Waals surface area contributed by atoms with Gasteiger partial charge in [0.2, 0.25) is 0 Å². The van der Waals surface area contributed by atoms with Crippen LogP contribution in [0.2, 0.25) is 0 Å². The van der Waals surface area contributed by atoms with Crippen molar-refractivity contribution in [1.82, 2.24) is 24.8 Å². The second-order valence-electron chi connectivity index (χ2n) is 9.69. The van der Waals surface area contributed by atoms with Crippen LogP contribution < -0.4 is 15.2 Å². The Labute approximate surface area is 222 Å². The lowest BCUT2D eigenvalue weighted by Gasteiger charge is -2.29. The van der Waals surface area contributed by atoms with Crippen LogP contribution in [-0.4, -0.2) is 83.2 Å². The van der Waals surface area contributed by atoms with Crippen molar-refractivity contribution in [1.29, 1.82) is 0 Å². The molecule has 4 heterocycles. The normalized spacial score (nSPS) is 18.7. The average molecular weight is 516 g/mol. The number of nitrogens with zero attached hydrogens (tertiary/aromatic N) is 6. The molecule has 2 aliphatic heterocycles. The second-order valence-corrected chi connectivity index (χ2v) is 9.69. The summed E-state index contributed by atoms with van der Waals surface area (Å²) in [4.78, 5) is 22.7. The fourth-order valence-corrected chi connectivity index (χ4v) is 4.78. The van der Waals surface area contributed by atoms with Crippen molar-refractivity contribution in [3.63, 3.8) is 0 Å². The van der Waals surface area contributed by atoms with E-state index in [1.54, 1.807) is 56.8 Å². The van der Waals surface area contributed by atoms with E-state index < -0.39 is 6.23 Å². The molecule has 1 saturated heterocycles. The summed E-state index contributed by atoms with van der Waals surface area (Å²) < 4.78 is 10.8. The van der Waals surface area contributed by atoms with Gasteiger partial charge >= 0.3 is 0 Å². The third-order valence-corrected chi connectivity index (χ3v) is 7.11. The van der Waals surface area contributed by atoms with E-state index in [0.29, 0.717) is 45.8 Å². The van der Waals surface area contributed by atoms with Crippen LogP contribution >= 0.6 is 0 Å². The molecule has 2 aromatic heterocycles. The number of hydrogen-bond donors (Lipinski definition) is 2. The first kappa shape index (κ1) is 25.6. The molecular formula is C28H33N7O3. The summed E-state index contributed by atoms with van der Waals surface area (Å²) in [6.07, 6.45) is 6.44. The van der Waals surface area contributed by atoms with E-state index in [1.807, 2.05) is 12.3 Å². The number of rotatable bonds is 6. The van der Waals surface area contributed by atoms with Crippen molar-refractivity contribution in [2.45, 2.75) is 25.0 Å². The Morgan fingerprint density at radius 2 is 1.66 bits per heavy atom. The molecule has 38 heavy (non-hydrogen) atoms. The zero-order valence-corrected chi connectivity index (χ0v) is 22.1. The van der Waals surface area contributed by atoms with Crippen LogP contribution in [0, 0.1) is 0 Å². The van der Waals surface area contributed by atoms with Gasteiger partial charge in [0.05, 0.1) is 31.8 Å². The second kappa shape index (κ2) is 10.8. The number of aliphatic hydroxyl groups is 1. The minimum Gasteiger partial charge on any atom is -0.497 e. The number of piperidine rings is 1. The van der Waals surface area contributed by atoms with E-state index >= 15 is 0 Å². The smallest absolute Gasteiger partial charge is 0.170 e. The fourth-order valence-electron chi connectivity index (χ4n) is 4.78. The molecule has 10 nitrogen and oxygen atoms in total. The molecule has 1 unspecified atom stereocenters. The number of methoxy groups -OCH3 is 2. The van der Waals surface area contributed by atoms with Gasteiger partial charge in [0.25, 0.3) is 0 Å². The molecule has 3 N–H and O–H groups in total. The Morgan fingerprint density at radius 1 is 0.947 bits per heavy atom. The number of aromatic nitrogens is 3. The third kappa shape index (κ3) is 5.18. The van der Waals surface area contributed by atoms with Gasteiger partial charge in [-0.1, -0.05) is 0 Å². The van der Waals surface area contributed by atoms with Crippen molar-refractivity contribution >= 4 is 17.2 Å². The molecule has 10 heteroatoms. The molecule has 198 valence electrons. The summed E-state index contributed by atoms with van der Waals surface area (Å²) in [5.41, 5.74) is 10.8. The molecular weight excluding hydrogens is 482 g/mol. The fraction of sp³-hybridized carbons (Fsp3) is 0.357. The number of aliphatic imine (C=N–C) groups is 1. The minimum absolute atomic E-state index is 0.243. The Morgan fingerprint density at radius 3 is 2.29 bits per heavy atom. The van der Waals surface area contributed by atoms with Crippen LogP contribution in [0.5, 0.6) is 11.5 Å². The predicted octanol–water partition coefficient (Wildman–Crippen LogP) is 3.00. The van der Waals surface area contributed by atoms with Crippen LogP contribution in [0.1, 0.15) is 35.7 Å². The van der Waals surface area contributed by atoms with Crippen molar-refractivity contribution < 1.29 is 14.6 Å². The lowest BCUT2D eigenvalue weighted by atomic mass is 9.93. The first-order valence-corrected chi connectivity index (χ1v) is 12.6. The van der Waals surface area contributed by atoms with Crippen LogP contribution in [0.4, 0.5) is 5.82 Å². The van der Waals surface area contributed by atoms with Crippen LogP contribution in [0.25, 0.3) is 17.0 Å². The largest absolute Gasteiger partial charge is 0.497 e. The molecule has 2 aliphatic rings. The van der Waals surface area contributed by atoms with Crippen LogP contribution in [0.15, 0.2) is 53.9 Å². The molecule has 1 aromatic carbocycles. The van der Waals surface area contributed by atoms with Crippen LogP contribution in [0.3, 0.4) is 0 Å². The van der Waals surface area contributed by atoms with Crippen molar-refractivity contribution in [2.24, 2.45) is 4.99 Å². The lowest BCUT2D eigenvalue weighted by Crippen LogP contribution is -2.38. The number of likely N-dealkylation sites (N-methyl/N-ethyl adjacent to an activating group) is 1. The number of hydrogen-bond acceptors (Lipinski definition) is 10. The Hall–Kier alpha value is -4.02. The van der Waals surface area contributed by atoms with Gasteiger partial charge in [-0.25, -0.2) is 15.0 Å². The standard InChI is InChI=1S/C28H33N7O3/c1-34-9-7-17(8-10-34)22-6-5-18(14-30-22)23-15-31-27(29)26(32-23)24-16-35(2)28(36)25(33-24)19-11-20(37-3)13-21(12-19)38-4/h5-6,11-17,28,36H,7-10H2,1-4H3,(H2,29,31). The maximum Gasteiger partial charge on any atom is 0.170 e. The van der Waals surface area contributed by atoms with Crippen molar-refractivity contribution in [3.8, 4) is 22.8 Å². The molecule has 0 radical (unpaired) electrons. The molecule has 0 amide bonds. The number of nitrogens with two attached hydrogens (primary N) is 1. The summed E-state index contributed by atoms with van der Waals surface area (Å²) in [5.74, 6) is 1.90. The highest BCUT2D eigenvalue weighted by Gasteiger charge is 2.26. The number of likely N-dealkylation sites (tertiary alicyclic amines) is 1. The monoisotopic (exact) mass is 515 g/mol. The van der Waals surface area contributed by atoms with Gasteiger partial charge in [-0.3, -0.25) is 4.98 Å². The Kier molecular flexibility index (Phi) is 7.26. The zero-order chi connectivity index (χ0) is 26.8. The molecule has 5 rings (SSSR count). The van der Waals surface area contributed by atoms with E-state index in [-0.39, 0.29) is 5.82 Å². The molecule has 0 saturated carbocycles.